The molecule has 22 heavy (non-hydrogen) atoms. The van der Waals surface area contributed by atoms with Crippen molar-refractivity contribution in [2.24, 2.45) is 5.92 Å². The molecule has 0 aliphatic carbocycles. The van der Waals surface area contributed by atoms with Crippen molar-refractivity contribution in [1.29, 1.82) is 0 Å². The molecule has 1 fully saturated rings. The second-order valence-electron chi connectivity index (χ2n) is 6.16. The average molecular weight is 308 g/mol. The fourth-order valence-electron chi connectivity index (χ4n) is 2.57. The highest BCUT2D eigenvalue weighted by molar-refractivity contribution is 5.94. The van der Waals surface area contributed by atoms with Gasteiger partial charge in [-0.3, -0.25) is 9.59 Å². The van der Waals surface area contributed by atoms with Crippen LogP contribution in [-0.2, 0) is 22.6 Å². The van der Waals surface area contributed by atoms with Gasteiger partial charge in [0, 0.05) is 13.0 Å². The van der Waals surface area contributed by atoms with Crippen LogP contribution in [0, 0.1) is 5.92 Å². The van der Waals surface area contributed by atoms with Crippen molar-refractivity contribution in [1.82, 2.24) is 19.9 Å². The molecule has 0 N–H and O–H groups in total. The van der Waals surface area contributed by atoms with Gasteiger partial charge in [-0.25, -0.2) is 0 Å². The summed E-state index contributed by atoms with van der Waals surface area (Å²) in [6.45, 7) is 8.84. The summed E-state index contributed by atoms with van der Waals surface area (Å²) in [5.74, 6) is 1.35. The Bertz CT molecular complexity index is 541. The minimum absolute atomic E-state index is 0.0210. The summed E-state index contributed by atoms with van der Waals surface area (Å²) in [5, 5.41) is 3.91. The van der Waals surface area contributed by atoms with E-state index >= 15 is 0 Å². The zero-order valence-electron chi connectivity index (χ0n) is 13.7. The van der Waals surface area contributed by atoms with Gasteiger partial charge in [0.25, 0.3) is 0 Å². The fraction of sp³-hybridized carbons (Fsp3) is 0.733. The standard InChI is InChI=1S/C15H24N4O3/c1-5-6-18-9-14(20)19(11(4)15(18)21)8-12-16-13(22-17-12)7-10(2)3/h10-11H,5-9H2,1-4H3/t11-/m0/s1. The van der Waals surface area contributed by atoms with Gasteiger partial charge in [0.2, 0.25) is 17.7 Å². The van der Waals surface area contributed by atoms with Crippen molar-refractivity contribution < 1.29 is 14.1 Å². The topological polar surface area (TPSA) is 79.5 Å². The third-order valence-corrected chi connectivity index (χ3v) is 3.68. The first-order valence-electron chi connectivity index (χ1n) is 7.82. The van der Waals surface area contributed by atoms with E-state index in [1.54, 1.807) is 11.8 Å². The van der Waals surface area contributed by atoms with Crippen LogP contribution in [0.25, 0.3) is 0 Å². The van der Waals surface area contributed by atoms with Crippen LogP contribution in [-0.4, -0.2) is 50.9 Å². The van der Waals surface area contributed by atoms with Crippen molar-refractivity contribution in [2.75, 3.05) is 13.1 Å². The highest BCUT2D eigenvalue weighted by atomic mass is 16.5. The van der Waals surface area contributed by atoms with Crippen LogP contribution in [0.5, 0.6) is 0 Å². The molecule has 1 aromatic heterocycles. The van der Waals surface area contributed by atoms with Crippen molar-refractivity contribution >= 4 is 11.8 Å². The SMILES string of the molecule is CCCN1CC(=O)N(Cc2noc(CC(C)C)n2)[C@@H](C)C1=O. The highest BCUT2D eigenvalue weighted by Gasteiger charge is 2.36. The van der Waals surface area contributed by atoms with Gasteiger partial charge in [-0.05, 0) is 19.3 Å². The molecule has 1 aliphatic heterocycles. The van der Waals surface area contributed by atoms with Crippen LogP contribution in [0.15, 0.2) is 4.52 Å². The molecule has 2 rings (SSSR count). The van der Waals surface area contributed by atoms with E-state index in [0.29, 0.717) is 30.6 Å². The van der Waals surface area contributed by atoms with Gasteiger partial charge in [0.05, 0.1) is 13.1 Å². The van der Waals surface area contributed by atoms with Crippen LogP contribution >= 0.6 is 0 Å². The van der Waals surface area contributed by atoms with Crippen LogP contribution in [0.1, 0.15) is 45.8 Å². The predicted molar refractivity (Wildman–Crippen MR) is 79.7 cm³/mol. The Balaban J connectivity index is 2.04. The first-order chi connectivity index (χ1) is 10.4. The number of amides is 2. The molecule has 1 aliphatic rings. The molecule has 0 bridgehead atoms. The molecule has 2 heterocycles. The second-order valence-corrected chi connectivity index (χ2v) is 6.16. The van der Waals surface area contributed by atoms with Crippen LogP contribution in [0.2, 0.25) is 0 Å². The summed E-state index contributed by atoms with van der Waals surface area (Å²) in [4.78, 5) is 32.0. The van der Waals surface area contributed by atoms with Crippen molar-refractivity contribution in [2.45, 2.75) is 53.1 Å². The lowest BCUT2D eigenvalue weighted by molar-refractivity contribution is -0.155. The van der Waals surface area contributed by atoms with Crippen LogP contribution in [0.3, 0.4) is 0 Å². The lowest BCUT2D eigenvalue weighted by atomic mass is 10.1. The largest absolute Gasteiger partial charge is 0.339 e. The van der Waals surface area contributed by atoms with Gasteiger partial charge in [0.1, 0.15) is 6.04 Å². The van der Waals surface area contributed by atoms with E-state index in [9.17, 15) is 9.59 Å². The zero-order valence-corrected chi connectivity index (χ0v) is 13.7. The van der Waals surface area contributed by atoms with Gasteiger partial charge < -0.3 is 14.3 Å². The Kier molecular flexibility index (Phi) is 5.15. The smallest absolute Gasteiger partial charge is 0.245 e. The Hall–Kier alpha value is -1.92. The molecule has 7 nitrogen and oxygen atoms in total. The van der Waals surface area contributed by atoms with Gasteiger partial charge in [-0.1, -0.05) is 25.9 Å². The van der Waals surface area contributed by atoms with Gasteiger partial charge in [-0.15, -0.1) is 0 Å². The monoisotopic (exact) mass is 308 g/mol. The number of nitrogens with zero attached hydrogens (tertiary/aromatic N) is 4. The Morgan fingerprint density at radius 3 is 2.73 bits per heavy atom. The maximum Gasteiger partial charge on any atom is 0.245 e. The van der Waals surface area contributed by atoms with Crippen molar-refractivity contribution in [3.8, 4) is 0 Å². The van der Waals surface area contributed by atoms with Crippen molar-refractivity contribution in [3.63, 3.8) is 0 Å². The van der Waals surface area contributed by atoms with Gasteiger partial charge >= 0.3 is 0 Å². The number of carbonyl (C=O) groups excluding carboxylic acids is 2. The molecule has 7 heteroatoms. The second kappa shape index (κ2) is 6.89. The summed E-state index contributed by atoms with van der Waals surface area (Å²) < 4.78 is 5.18. The summed E-state index contributed by atoms with van der Waals surface area (Å²) in [7, 11) is 0. The van der Waals surface area contributed by atoms with Gasteiger partial charge in [0.15, 0.2) is 5.82 Å². The predicted octanol–water partition coefficient (Wildman–Crippen LogP) is 1.24. The normalized spacial score (nSPS) is 19.4. The first-order valence-corrected chi connectivity index (χ1v) is 7.82. The van der Waals surface area contributed by atoms with E-state index in [-0.39, 0.29) is 24.9 Å². The number of rotatable bonds is 6. The molecule has 0 unspecified atom stereocenters. The number of hydrogen-bond acceptors (Lipinski definition) is 5. The maximum atomic E-state index is 12.3. The quantitative estimate of drug-likeness (QED) is 0.790. The summed E-state index contributed by atoms with van der Waals surface area (Å²) in [6.07, 6.45) is 1.55. The molecule has 1 saturated heterocycles. The first kappa shape index (κ1) is 16.5. The lowest BCUT2D eigenvalue weighted by Crippen LogP contribution is -2.58. The minimum Gasteiger partial charge on any atom is -0.339 e. The Morgan fingerprint density at radius 1 is 1.36 bits per heavy atom. The molecule has 1 atom stereocenters. The Morgan fingerprint density at radius 2 is 2.09 bits per heavy atom. The molecule has 2 amide bonds. The van der Waals surface area contributed by atoms with Crippen LogP contribution < -0.4 is 0 Å². The number of aromatic nitrogens is 2. The van der Waals surface area contributed by atoms with E-state index in [1.807, 2.05) is 6.92 Å². The summed E-state index contributed by atoms with van der Waals surface area (Å²) in [6, 6.07) is -0.486. The molecule has 122 valence electrons. The third-order valence-electron chi connectivity index (χ3n) is 3.68. The molecular formula is C15H24N4O3. The zero-order chi connectivity index (χ0) is 16.3. The lowest BCUT2D eigenvalue weighted by Gasteiger charge is -2.38. The molecule has 0 spiro atoms. The van der Waals surface area contributed by atoms with Gasteiger partial charge in [-0.2, -0.15) is 4.98 Å². The molecular weight excluding hydrogens is 284 g/mol. The summed E-state index contributed by atoms with van der Waals surface area (Å²) in [5.41, 5.74) is 0. The van der Waals surface area contributed by atoms with E-state index in [2.05, 4.69) is 24.0 Å². The van der Waals surface area contributed by atoms with E-state index < -0.39 is 6.04 Å². The third kappa shape index (κ3) is 3.64. The molecule has 0 saturated carbocycles. The summed E-state index contributed by atoms with van der Waals surface area (Å²) >= 11 is 0. The Labute approximate surface area is 130 Å². The van der Waals surface area contributed by atoms with E-state index in [4.69, 9.17) is 4.52 Å². The molecule has 0 aromatic carbocycles. The van der Waals surface area contributed by atoms with E-state index in [1.165, 1.54) is 4.90 Å². The minimum atomic E-state index is -0.486. The molecule has 0 radical (unpaired) electrons. The number of hydrogen-bond donors (Lipinski definition) is 0. The highest BCUT2D eigenvalue weighted by Crippen LogP contribution is 2.16. The number of piperazine rings is 1. The number of carbonyl (C=O) groups is 2. The van der Waals surface area contributed by atoms with Crippen molar-refractivity contribution in [3.05, 3.63) is 11.7 Å². The maximum absolute atomic E-state index is 12.3. The van der Waals surface area contributed by atoms with Crippen LogP contribution in [0.4, 0.5) is 0 Å². The average Bonchev–Trinajstić information content (AvgIpc) is 2.87. The molecule has 1 aromatic rings. The fourth-order valence-corrected chi connectivity index (χ4v) is 2.57. The van der Waals surface area contributed by atoms with E-state index in [0.717, 1.165) is 6.42 Å².